The molecular formula is C13H12BrN5. The lowest BCUT2D eigenvalue weighted by molar-refractivity contribution is 1.07. The molecule has 1 aromatic carbocycles. The Balaban J connectivity index is 2.12. The summed E-state index contributed by atoms with van der Waals surface area (Å²) < 4.78 is 0.794. The van der Waals surface area contributed by atoms with Crippen LogP contribution in [0.15, 0.2) is 34.9 Å². The van der Waals surface area contributed by atoms with Crippen LogP contribution < -0.4 is 10.6 Å². The molecule has 0 aliphatic rings. The van der Waals surface area contributed by atoms with E-state index in [2.05, 4.69) is 42.6 Å². The molecule has 0 aliphatic heterocycles. The lowest BCUT2D eigenvalue weighted by atomic mass is 10.1. The molecule has 1 aromatic heterocycles. The summed E-state index contributed by atoms with van der Waals surface area (Å²) in [6.45, 7) is 0.592. The Morgan fingerprint density at radius 1 is 1.42 bits per heavy atom. The zero-order chi connectivity index (χ0) is 13.7. The summed E-state index contributed by atoms with van der Waals surface area (Å²) in [7, 11) is 1.77. The highest BCUT2D eigenvalue weighted by Crippen LogP contribution is 2.20. The number of benzene rings is 1. The first kappa shape index (κ1) is 13.3. The van der Waals surface area contributed by atoms with E-state index in [-0.39, 0.29) is 0 Å². The first-order valence-corrected chi connectivity index (χ1v) is 6.45. The first-order valence-electron chi connectivity index (χ1n) is 5.66. The second-order valence-electron chi connectivity index (χ2n) is 3.81. The van der Waals surface area contributed by atoms with Crippen LogP contribution in [0, 0.1) is 11.3 Å². The van der Waals surface area contributed by atoms with Gasteiger partial charge in [-0.2, -0.15) is 10.2 Å². The molecule has 6 heteroatoms. The standard InChI is InChI=1S/C13H12BrN5/c1-16-13-18-8-11(14)12(19-13)17-7-10-4-2-3-9(5-10)6-15/h2-5,8H,7H2,1H3,(H2,16,17,18,19). The molecule has 0 atom stereocenters. The Hall–Kier alpha value is -2.13. The maximum absolute atomic E-state index is 8.85. The molecule has 2 rings (SSSR count). The molecule has 1 heterocycles. The molecule has 0 bridgehead atoms. The molecule has 0 fully saturated rings. The van der Waals surface area contributed by atoms with E-state index in [1.54, 1.807) is 19.3 Å². The second kappa shape index (κ2) is 6.16. The van der Waals surface area contributed by atoms with Crippen molar-refractivity contribution in [3.05, 3.63) is 46.1 Å². The van der Waals surface area contributed by atoms with Gasteiger partial charge in [0.25, 0.3) is 0 Å². The van der Waals surface area contributed by atoms with Crippen LogP contribution in [0.5, 0.6) is 0 Å². The van der Waals surface area contributed by atoms with Crippen LogP contribution >= 0.6 is 15.9 Å². The molecular weight excluding hydrogens is 306 g/mol. The van der Waals surface area contributed by atoms with Gasteiger partial charge < -0.3 is 10.6 Å². The maximum Gasteiger partial charge on any atom is 0.224 e. The smallest absolute Gasteiger partial charge is 0.224 e. The molecule has 0 saturated carbocycles. The fourth-order valence-corrected chi connectivity index (χ4v) is 1.88. The maximum atomic E-state index is 8.85. The van der Waals surface area contributed by atoms with Crippen LogP contribution in [0.1, 0.15) is 11.1 Å². The van der Waals surface area contributed by atoms with E-state index < -0.39 is 0 Å². The SMILES string of the molecule is CNc1ncc(Br)c(NCc2cccc(C#N)c2)n1. The van der Waals surface area contributed by atoms with Gasteiger partial charge in [-0.1, -0.05) is 12.1 Å². The molecule has 0 aliphatic carbocycles. The lowest BCUT2D eigenvalue weighted by Crippen LogP contribution is -2.05. The van der Waals surface area contributed by atoms with Crippen LogP contribution in [0.2, 0.25) is 0 Å². The third-order valence-electron chi connectivity index (χ3n) is 2.48. The normalized spacial score (nSPS) is 9.74. The van der Waals surface area contributed by atoms with E-state index in [9.17, 15) is 0 Å². The summed E-state index contributed by atoms with van der Waals surface area (Å²) in [5.41, 5.74) is 1.67. The Morgan fingerprint density at radius 2 is 2.26 bits per heavy atom. The predicted octanol–water partition coefficient (Wildman–Crippen LogP) is 2.76. The van der Waals surface area contributed by atoms with Gasteiger partial charge in [0.05, 0.1) is 16.1 Å². The summed E-state index contributed by atoms with van der Waals surface area (Å²) in [5.74, 6) is 1.26. The lowest BCUT2D eigenvalue weighted by Gasteiger charge is -2.09. The minimum atomic E-state index is 0.552. The van der Waals surface area contributed by atoms with Crippen LogP contribution in [0.3, 0.4) is 0 Å². The van der Waals surface area contributed by atoms with Crippen LogP contribution in [0.4, 0.5) is 11.8 Å². The monoisotopic (exact) mass is 317 g/mol. The van der Waals surface area contributed by atoms with Gasteiger partial charge >= 0.3 is 0 Å². The molecule has 0 unspecified atom stereocenters. The summed E-state index contributed by atoms with van der Waals surface area (Å²) in [6, 6.07) is 9.58. The zero-order valence-electron chi connectivity index (χ0n) is 10.3. The van der Waals surface area contributed by atoms with Gasteiger partial charge in [0.1, 0.15) is 5.82 Å². The van der Waals surface area contributed by atoms with Crippen molar-refractivity contribution < 1.29 is 0 Å². The molecule has 0 saturated heterocycles. The van der Waals surface area contributed by atoms with Crippen LogP contribution in [0.25, 0.3) is 0 Å². The minimum Gasteiger partial charge on any atom is -0.365 e. The zero-order valence-corrected chi connectivity index (χ0v) is 11.9. The summed E-state index contributed by atoms with van der Waals surface area (Å²) in [4.78, 5) is 8.39. The van der Waals surface area contributed by atoms with Gasteiger partial charge in [0, 0.05) is 19.8 Å². The Bertz CT molecular complexity index is 621. The fourth-order valence-electron chi connectivity index (χ4n) is 1.55. The number of hydrogen-bond acceptors (Lipinski definition) is 5. The molecule has 2 N–H and O–H groups in total. The Kier molecular flexibility index (Phi) is 4.31. The first-order chi connectivity index (χ1) is 9.22. The van der Waals surface area contributed by atoms with Crippen molar-refractivity contribution in [1.82, 2.24) is 9.97 Å². The van der Waals surface area contributed by atoms with Gasteiger partial charge in [0.2, 0.25) is 5.95 Å². The number of nitrogens with zero attached hydrogens (tertiary/aromatic N) is 3. The van der Waals surface area contributed by atoms with Crippen molar-refractivity contribution >= 4 is 27.7 Å². The predicted molar refractivity (Wildman–Crippen MR) is 77.8 cm³/mol. The average molecular weight is 318 g/mol. The van der Waals surface area contributed by atoms with Gasteiger partial charge in [-0.05, 0) is 33.6 Å². The summed E-state index contributed by atoms with van der Waals surface area (Å²) in [6.07, 6.45) is 1.69. The summed E-state index contributed by atoms with van der Waals surface area (Å²) >= 11 is 3.39. The highest BCUT2D eigenvalue weighted by Gasteiger charge is 2.04. The van der Waals surface area contributed by atoms with Crippen molar-refractivity contribution in [3.8, 4) is 6.07 Å². The molecule has 2 aromatic rings. The molecule has 5 nitrogen and oxygen atoms in total. The van der Waals surface area contributed by atoms with E-state index in [1.165, 1.54) is 0 Å². The van der Waals surface area contributed by atoms with Gasteiger partial charge in [-0.15, -0.1) is 0 Å². The molecule has 0 radical (unpaired) electrons. The van der Waals surface area contributed by atoms with E-state index >= 15 is 0 Å². The topological polar surface area (TPSA) is 73.6 Å². The van der Waals surface area contributed by atoms with Crippen LogP contribution in [-0.2, 0) is 6.54 Å². The number of halogens is 1. The Morgan fingerprint density at radius 3 is 3.00 bits per heavy atom. The Labute approximate surface area is 119 Å². The molecule has 96 valence electrons. The number of aromatic nitrogens is 2. The number of nitrogens with one attached hydrogen (secondary N) is 2. The van der Waals surface area contributed by atoms with Crippen molar-refractivity contribution in [2.75, 3.05) is 17.7 Å². The van der Waals surface area contributed by atoms with E-state index in [1.807, 2.05) is 18.2 Å². The molecule has 0 spiro atoms. The third kappa shape index (κ3) is 3.42. The van der Waals surface area contributed by atoms with Crippen molar-refractivity contribution in [3.63, 3.8) is 0 Å². The number of rotatable bonds is 4. The highest BCUT2D eigenvalue weighted by atomic mass is 79.9. The minimum absolute atomic E-state index is 0.552. The van der Waals surface area contributed by atoms with Crippen molar-refractivity contribution in [2.45, 2.75) is 6.54 Å². The summed E-state index contributed by atoms with van der Waals surface area (Å²) in [5, 5.41) is 14.9. The van der Waals surface area contributed by atoms with Gasteiger partial charge in [-0.3, -0.25) is 0 Å². The van der Waals surface area contributed by atoms with Crippen molar-refractivity contribution in [2.24, 2.45) is 0 Å². The van der Waals surface area contributed by atoms with Gasteiger partial charge in [0.15, 0.2) is 0 Å². The number of hydrogen-bond donors (Lipinski definition) is 2. The number of anilines is 2. The second-order valence-corrected chi connectivity index (χ2v) is 4.66. The van der Waals surface area contributed by atoms with Crippen LogP contribution in [-0.4, -0.2) is 17.0 Å². The fraction of sp³-hybridized carbons (Fsp3) is 0.154. The van der Waals surface area contributed by atoms with Gasteiger partial charge in [-0.25, -0.2) is 4.98 Å². The van der Waals surface area contributed by atoms with Crippen molar-refractivity contribution in [1.29, 1.82) is 5.26 Å². The van der Waals surface area contributed by atoms with E-state index in [0.29, 0.717) is 23.9 Å². The average Bonchev–Trinajstić information content (AvgIpc) is 2.46. The quantitative estimate of drug-likeness (QED) is 0.907. The third-order valence-corrected chi connectivity index (χ3v) is 3.06. The largest absolute Gasteiger partial charge is 0.365 e. The van der Waals surface area contributed by atoms with E-state index in [4.69, 9.17) is 5.26 Å². The number of nitriles is 1. The van der Waals surface area contributed by atoms with E-state index in [0.717, 1.165) is 10.0 Å². The highest BCUT2D eigenvalue weighted by molar-refractivity contribution is 9.10. The molecule has 0 amide bonds. The molecule has 19 heavy (non-hydrogen) atoms.